The van der Waals surface area contributed by atoms with Gasteiger partial charge >= 0.3 is 0 Å². The van der Waals surface area contributed by atoms with Gasteiger partial charge in [-0.05, 0) is 80.8 Å². The minimum Gasteiger partial charge on any atom is -0.492 e. The zero-order valence-corrected chi connectivity index (χ0v) is 19.2. The molecule has 4 aliphatic rings. The van der Waals surface area contributed by atoms with Crippen LogP contribution < -0.4 is 4.74 Å². The number of benzene rings is 1. The second-order valence-electron chi connectivity index (χ2n) is 10.8. The Morgan fingerprint density at radius 1 is 0.968 bits per heavy atom. The number of piperidine rings is 1. The molecule has 3 fully saturated rings. The topological polar surface area (TPSA) is 32.8 Å². The number of rotatable bonds is 3. The van der Waals surface area contributed by atoms with Crippen LogP contribution in [-0.2, 0) is 11.2 Å². The standard InChI is InChI=1S/C27H40N2O2/c30-26(24-8-5-9-24)29-16-14-27(15-17-29)13-4-3-7-23-6-1-2-10-25(23)31-19-18-28(21-27)20-22-11-12-22/h1-2,6,10,22,24H,3-5,7-9,11-21H2. The first-order valence-electron chi connectivity index (χ1n) is 12.9. The molecule has 1 amide bonds. The van der Waals surface area contributed by atoms with Crippen molar-refractivity contribution < 1.29 is 9.53 Å². The number of carbonyl (C=O) groups excluding carboxylic acids is 1. The monoisotopic (exact) mass is 424 g/mol. The van der Waals surface area contributed by atoms with Crippen molar-refractivity contribution in [1.29, 1.82) is 0 Å². The van der Waals surface area contributed by atoms with Crippen LogP contribution >= 0.6 is 0 Å². The van der Waals surface area contributed by atoms with Gasteiger partial charge in [-0.25, -0.2) is 0 Å². The maximum atomic E-state index is 12.8. The molecule has 5 rings (SSSR count). The van der Waals surface area contributed by atoms with Gasteiger partial charge in [-0.2, -0.15) is 0 Å². The van der Waals surface area contributed by atoms with Gasteiger partial charge in [-0.15, -0.1) is 0 Å². The molecule has 2 aliphatic heterocycles. The van der Waals surface area contributed by atoms with Gasteiger partial charge < -0.3 is 9.64 Å². The maximum Gasteiger partial charge on any atom is 0.225 e. The van der Waals surface area contributed by atoms with Crippen molar-refractivity contribution in [3.63, 3.8) is 0 Å². The summed E-state index contributed by atoms with van der Waals surface area (Å²) < 4.78 is 6.27. The summed E-state index contributed by atoms with van der Waals surface area (Å²) >= 11 is 0. The summed E-state index contributed by atoms with van der Waals surface area (Å²) in [4.78, 5) is 17.7. The van der Waals surface area contributed by atoms with Crippen molar-refractivity contribution in [2.24, 2.45) is 17.3 Å². The lowest BCUT2D eigenvalue weighted by Gasteiger charge is -2.46. The van der Waals surface area contributed by atoms with E-state index < -0.39 is 0 Å². The van der Waals surface area contributed by atoms with Crippen molar-refractivity contribution >= 4 is 5.91 Å². The van der Waals surface area contributed by atoms with E-state index in [1.807, 2.05) is 0 Å². The minimum atomic E-state index is 0.342. The second kappa shape index (κ2) is 9.52. The van der Waals surface area contributed by atoms with Crippen LogP contribution in [0.1, 0.15) is 69.8 Å². The Morgan fingerprint density at radius 3 is 2.52 bits per heavy atom. The summed E-state index contributed by atoms with van der Waals surface area (Å²) in [6.07, 6.45) is 13.6. The van der Waals surface area contributed by atoms with Crippen molar-refractivity contribution in [1.82, 2.24) is 9.80 Å². The predicted octanol–water partition coefficient (Wildman–Crippen LogP) is 4.91. The number of fused-ring (bicyclic) bond motifs is 1. The third-order valence-electron chi connectivity index (χ3n) is 8.40. The van der Waals surface area contributed by atoms with E-state index in [2.05, 4.69) is 34.1 Å². The van der Waals surface area contributed by atoms with Gasteiger partial charge in [0.05, 0.1) is 0 Å². The van der Waals surface area contributed by atoms with Crippen LogP contribution in [0.15, 0.2) is 24.3 Å². The number of amides is 1. The number of hydrogen-bond donors (Lipinski definition) is 0. The van der Waals surface area contributed by atoms with Gasteiger partial charge in [0.1, 0.15) is 12.4 Å². The molecule has 4 nitrogen and oxygen atoms in total. The van der Waals surface area contributed by atoms with Crippen LogP contribution in [0.4, 0.5) is 0 Å². The van der Waals surface area contributed by atoms with Gasteiger partial charge in [-0.3, -0.25) is 9.69 Å². The molecule has 0 bridgehead atoms. The molecule has 0 unspecified atom stereocenters. The molecule has 1 aromatic carbocycles. The van der Waals surface area contributed by atoms with Crippen molar-refractivity contribution in [3.05, 3.63) is 29.8 Å². The quantitative estimate of drug-likeness (QED) is 0.691. The fourth-order valence-corrected chi connectivity index (χ4v) is 5.93. The molecule has 1 spiro atoms. The molecule has 4 heteroatoms. The zero-order valence-electron chi connectivity index (χ0n) is 19.2. The minimum absolute atomic E-state index is 0.342. The Balaban J connectivity index is 1.27. The highest BCUT2D eigenvalue weighted by molar-refractivity contribution is 5.79. The molecular formula is C27H40N2O2. The Labute approximate surface area is 188 Å². The average Bonchev–Trinajstić information content (AvgIpc) is 3.54. The van der Waals surface area contributed by atoms with E-state index in [-0.39, 0.29) is 0 Å². The first-order valence-corrected chi connectivity index (χ1v) is 12.9. The molecule has 2 aliphatic carbocycles. The van der Waals surface area contributed by atoms with Crippen LogP contribution in [0.5, 0.6) is 5.75 Å². The molecule has 170 valence electrons. The molecule has 0 N–H and O–H groups in total. The van der Waals surface area contributed by atoms with Gasteiger partial charge in [0.25, 0.3) is 0 Å². The SMILES string of the molecule is O=C(C1CCC1)N1CCC2(CCCCc3ccccc3OCCN(CC3CC3)C2)CC1. The van der Waals surface area contributed by atoms with E-state index in [0.717, 1.165) is 57.2 Å². The third kappa shape index (κ3) is 5.27. The largest absolute Gasteiger partial charge is 0.492 e. The summed E-state index contributed by atoms with van der Waals surface area (Å²) in [5.74, 6) is 2.78. The fourth-order valence-electron chi connectivity index (χ4n) is 5.93. The van der Waals surface area contributed by atoms with E-state index >= 15 is 0 Å². The number of nitrogens with zero attached hydrogens (tertiary/aromatic N) is 2. The van der Waals surface area contributed by atoms with E-state index in [0.29, 0.717) is 17.2 Å². The number of para-hydroxylation sites is 1. The lowest BCUT2D eigenvalue weighted by atomic mass is 9.73. The summed E-state index contributed by atoms with van der Waals surface area (Å²) in [6.45, 7) is 6.19. The van der Waals surface area contributed by atoms with Crippen molar-refractivity contribution in [3.8, 4) is 5.75 Å². The molecule has 2 heterocycles. The number of carbonyl (C=O) groups is 1. The first-order chi connectivity index (χ1) is 15.2. The first kappa shape index (κ1) is 21.3. The van der Waals surface area contributed by atoms with Crippen molar-refractivity contribution in [2.75, 3.05) is 39.3 Å². The molecule has 1 aromatic rings. The fraction of sp³-hybridized carbons (Fsp3) is 0.741. The summed E-state index contributed by atoms with van der Waals surface area (Å²) in [5, 5.41) is 0. The van der Waals surface area contributed by atoms with E-state index in [1.165, 1.54) is 70.0 Å². The Hall–Kier alpha value is -1.55. The van der Waals surface area contributed by atoms with E-state index in [1.54, 1.807) is 0 Å². The van der Waals surface area contributed by atoms with Crippen LogP contribution in [0, 0.1) is 17.3 Å². The molecule has 31 heavy (non-hydrogen) atoms. The molecule has 2 saturated carbocycles. The smallest absolute Gasteiger partial charge is 0.225 e. The third-order valence-corrected chi connectivity index (χ3v) is 8.40. The lowest BCUT2D eigenvalue weighted by Crippen LogP contribution is -2.50. The van der Waals surface area contributed by atoms with Crippen LogP contribution in [0.3, 0.4) is 0 Å². The molecule has 0 aromatic heterocycles. The predicted molar refractivity (Wildman–Crippen MR) is 124 cm³/mol. The number of aryl methyl sites for hydroxylation is 1. The van der Waals surface area contributed by atoms with Crippen molar-refractivity contribution in [2.45, 2.75) is 70.6 Å². The summed E-state index contributed by atoms with van der Waals surface area (Å²) in [6, 6.07) is 8.62. The van der Waals surface area contributed by atoms with Gasteiger partial charge in [0.2, 0.25) is 5.91 Å². The molecule has 0 atom stereocenters. The summed E-state index contributed by atoms with van der Waals surface area (Å²) in [7, 11) is 0. The highest BCUT2D eigenvalue weighted by atomic mass is 16.5. The normalized spacial score (nSPS) is 25.6. The highest BCUT2D eigenvalue weighted by Crippen LogP contribution is 2.40. The van der Waals surface area contributed by atoms with E-state index in [4.69, 9.17) is 4.74 Å². The Kier molecular flexibility index (Phi) is 6.54. The lowest BCUT2D eigenvalue weighted by molar-refractivity contribution is -0.141. The highest BCUT2D eigenvalue weighted by Gasteiger charge is 2.40. The second-order valence-corrected chi connectivity index (χ2v) is 10.8. The Morgan fingerprint density at radius 2 is 1.77 bits per heavy atom. The maximum absolute atomic E-state index is 12.8. The summed E-state index contributed by atoms with van der Waals surface area (Å²) in [5.41, 5.74) is 1.75. The van der Waals surface area contributed by atoms with Gasteiger partial charge in [-0.1, -0.05) is 31.0 Å². The number of hydrogen-bond acceptors (Lipinski definition) is 3. The molecule has 0 radical (unpaired) electrons. The number of ether oxygens (including phenoxy) is 1. The molecular weight excluding hydrogens is 384 g/mol. The van der Waals surface area contributed by atoms with Crippen LogP contribution in [-0.4, -0.2) is 55.0 Å². The Bertz CT molecular complexity index is 747. The molecule has 1 saturated heterocycles. The van der Waals surface area contributed by atoms with Gasteiger partial charge in [0, 0.05) is 38.6 Å². The number of likely N-dealkylation sites (tertiary alicyclic amines) is 1. The van der Waals surface area contributed by atoms with Crippen LogP contribution in [0.2, 0.25) is 0 Å². The zero-order chi connectivity index (χ0) is 21.1. The van der Waals surface area contributed by atoms with Gasteiger partial charge in [0.15, 0.2) is 0 Å². The van der Waals surface area contributed by atoms with Crippen LogP contribution in [0.25, 0.3) is 0 Å². The average molecular weight is 425 g/mol. The van der Waals surface area contributed by atoms with E-state index in [9.17, 15) is 4.79 Å².